The van der Waals surface area contributed by atoms with Gasteiger partial charge in [0.05, 0.1) is 10.6 Å². The molecule has 1 saturated heterocycles. The van der Waals surface area contributed by atoms with Crippen LogP contribution in [0, 0.1) is 5.92 Å². The summed E-state index contributed by atoms with van der Waals surface area (Å²) in [5.74, 6) is 0.413. The Hall–Kier alpha value is -1.06. The quantitative estimate of drug-likeness (QED) is 0.894. The number of hydrogen-bond donors (Lipinski definition) is 1. The lowest BCUT2D eigenvalue weighted by atomic mass is 9.92. The normalized spacial score (nSPS) is 21.7. The summed E-state index contributed by atoms with van der Waals surface area (Å²) in [5, 5.41) is 0.519. The Morgan fingerprint density at radius 3 is 2.89 bits per heavy atom. The minimum Gasteiger partial charge on any atom is -0.338 e. The first kappa shape index (κ1) is 13.4. The Morgan fingerprint density at radius 2 is 2.22 bits per heavy atom. The molecule has 98 valence electrons. The van der Waals surface area contributed by atoms with E-state index < -0.39 is 0 Å². The summed E-state index contributed by atoms with van der Waals surface area (Å²) < 4.78 is 0. The van der Waals surface area contributed by atoms with Crippen LogP contribution in [0.25, 0.3) is 0 Å². The SMILES string of the molecule is CC(N)C1CCCN(C(=O)c2ccccc2Cl)C1. The first-order valence-corrected chi connectivity index (χ1v) is 6.76. The van der Waals surface area contributed by atoms with Crippen molar-refractivity contribution in [3.63, 3.8) is 0 Å². The third-order valence-electron chi connectivity index (χ3n) is 3.59. The molecule has 1 aliphatic rings. The van der Waals surface area contributed by atoms with E-state index in [1.165, 1.54) is 0 Å². The van der Waals surface area contributed by atoms with Crippen LogP contribution in [0.3, 0.4) is 0 Å². The van der Waals surface area contributed by atoms with Crippen LogP contribution in [0.4, 0.5) is 0 Å². The van der Waals surface area contributed by atoms with Crippen LogP contribution in [-0.4, -0.2) is 29.9 Å². The topological polar surface area (TPSA) is 46.3 Å². The van der Waals surface area contributed by atoms with Crippen molar-refractivity contribution < 1.29 is 4.79 Å². The van der Waals surface area contributed by atoms with Gasteiger partial charge in [-0.05, 0) is 37.8 Å². The molecule has 0 spiro atoms. The molecule has 4 heteroatoms. The number of benzene rings is 1. The molecule has 1 aromatic carbocycles. The van der Waals surface area contributed by atoms with Crippen molar-refractivity contribution in [1.82, 2.24) is 4.90 Å². The van der Waals surface area contributed by atoms with Gasteiger partial charge in [-0.2, -0.15) is 0 Å². The van der Waals surface area contributed by atoms with E-state index in [2.05, 4.69) is 0 Å². The molecule has 0 radical (unpaired) electrons. The average molecular weight is 267 g/mol. The van der Waals surface area contributed by atoms with E-state index in [1.54, 1.807) is 12.1 Å². The maximum atomic E-state index is 12.4. The molecule has 2 rings (SSSR count). The van der Waals surface area contributed by atoms with Gasteiger partial charge in [0.25, 0.3) is 5.91 Å². The van der Waals surface area contributed by atoms with Gasteiger partial charge < -0.3 is 10.6 Å². The second-order valence-corrected chi connectivity index (χ2v) is 5.40. The lowest BCUT2D eigenvalue weighted by Crippen LogP contribution is -2.45. The van der Waals surface area contributed by atoms with E-state index in [-0.39, 0.29) is 11.9 Å². The van der Waals surface area contributed by atoms with Crippen molar-refractivity contribution in [2.75, 3.05) is 13.1 Å². The summed E-state index contributed by atoms with van der Waals surface area (Å²) in [6, 6.07) is 7.33. The van der Waals surface area contributed by atoms with Crippen LogP contribution in [0.1, 0.15) is 30.1 Å². The zero-order valence-corrected chi connectivity index (χ0v) is 11.4. The molecule has 18 heavy (non-hydrogen) atoms. The summed E-state index contributed by atoms with van der Waals surface area (Å²) in [6.07, 6.45) is 2.12. The summed E-state index contributed by atoms with van der Waals surface area (Å²) in [7, 11) is 0. The molecule has 2 unspecified atom stereocenters. The van der Waals surface area contributed by atoms with Gasteiger partial charge in [-0.25, -0.2) is 0 Å². The second-order valence-electron chi connectivity index (χ2n) is 4.99. The van der Waals surface area contributed by atoms with Gasteiger partial charge in [-0.3, -0.25) is 4.79 Å². The minimum atomic E-state index is 0.0194. The number of hydrogen-bond acceptors (Lipinski definition) is 2. The van der Waals surface area contributed by atoms with Gasteiger partial charge in [0.15, 0.2) is 0 Å². The van der Waals surface area contributed by atoms with E-state index in [0.717, 1.165) is 25.9 Å². The van der Waals surface area contributed by atoms with Gasteiger partial charge in [-0.15, -0.1) is 0 Å². The second kappa shape index (κ2) is 5.72. The van der Waals surface area contributed by atoms with Gasteiger partial charge >= 0.3 is 0 Å². The Morgan fingerprint density at radius 1 is 1.50 bits per heavy atom. The number of piperidine rings is 1. The number of halogens is 1. The third-order valence-corrected chi connectivity index (χ3v) is 3.92. The van der Waals surface area contributed by atoms with Crippen LogP contribution < -0.4 is 5.73 Å². The molecule has 0 aliphatic carbocycles. The summed E-state index contributed by atoms with van der Waals surface area (Å²) in [6.45, 7) is 3.54. The van der Waals surface area contributed by atoms with Crippen molar-refractivity contribution in [2.45, 2.75) is 25.8 Å². The van der Waals surface area contributed by atoms with E-state index in [4.69, 9.17) is 17.3 Å². The molecular formula is C14H19ClN2O. The fraction of sp³-hybridized carbons (Fsp3) is 0.500. The number of likely N-dealkylation sites (tertiary alicyclic amines) is 1. The Labute approximate surface area is 113 Å². The predicted octanol–water partition coefficient (Wildman–Crippen LogP) is 2.54. The Bertz CT molecular complexity index is 434. The molecule has 2 atom stereocenters. The van der Waals surface area contributed by atoms with Crippen molar-refractivity contribution in [3.8, 4) is 0 Å². The lowest BCUT2D eigenvalue weighted by Gasteiger charge is -2.34. The fourth-order valence-corrected chi connectivity index (χ4v) is 2.65. The standard InChI is InChI=1S/C14H19ClN2O/c1-10(16)11-5-4-8-17(9-11)14(18)12-6-2-3-7-13(12)15/h2-3,6-7,10-11H,4-5,8-9,16H2,1H3. The number of rotatable bonds is 2. The molecule has 1 amide bonds. The van der Waals surface area contributed by atoms with Crippen LogP contribution in [0.15, 0.2) is 24.3 Å². The molecule has 1 fully saturated rings. The first-order valence-electron chi connectivity index (χ1n) is 6.39. The summed E-state index contributed by atoms with van der Waals surface area (Å²) in [4.78, 5) is 14.3. The number of nitrogens with two attached hydrogens (primary N) is 1. The molecule has 1 heterocycles. The number of amides is 1. The van der Waals surface area contributed by atoms with E-state index in [1.807, 2.05) is 24.0 Å². The number of carbonyl (C=O) groups excluding carboxylic acids is 1. The number of carbonyl (C=O) groups is 1. The molecule has 2 N–H and O–H groups in total. The summed E-state index contributed by atoms with van der Waals surface area (Å²) >= 11 is 6.07. The zero-order valence-electron chi connectivity index (χ0n) is 10.6. The minimum absolute atomic E-state index is 0.0194. The van der Waals surface area contributed by atoms with Crippen molar-refractivity contribution in [1.29, 1.82) is 0 Å². The first-order chi connectivity index (χ1) is 8.59. The number of nitrogens with zero attached hydrogens (tertiary/aromatic N) is 1. The molecule has 0 aromatic heterocycles. The van der Waals surface area contributed by atoms with E-state index >= 15 is 0 Å². The lowest BCUT2D eigenvalue weighted by molar-refractivity contribution is 0.0661. The highest BCUT2D eigenvalue weighted by molar-refractivity contribution is 6.33. The van der Waals surface area contributed by atoms with Crippen molar-refractivity contribution in [3.05, 3.63) is 34.9 Å². The van der Waals surface area contributed by atoms with Crippen molar-refractivity contribution in [2.24, 2.45) is 11.7 Å². The molecular weight excluding hydrogens is 248 g/mol. The maximum absolute atomic E-state index is 12.4. The van der Waals surface area contributed by atoms with Crippen LogP contribution >= 0.6 is 11.6 Å². The van der Waals surface area contributed by atoms with Crippen molar-refractivity contribution >= 4 is 17.5 Å². The largest absolute Gasteiger partial charge is 0.338 e. The highest BCUT2D eigenvalue weighted by Crippen LogP contribution is 2.23. The predicted molar refractivity (Wildman–Crippen MR) is 73.7 cm³/mol. The van der Waals surface area contributed by atoms with E-state index in [9.17, 15) is 4.79 Å². The Balaban J connectivity index is 2.12. The Kier molecular flexibility index (Phi) is 4.25. The molecule has 1 aliphatic heterocycles. The third kappa shape index (κ3) is 2.85. The summed E-state index contributed by atoms with van der Waals surface area (Å²) in [5.41, 5.74) is 6.52. The molecule has 0 bridgehead atoms. The molecule has 3 nitrogen and oxygen atoms in total. The highest BCUT2D eigenvalue weighted by atomic mass is 35.5. The van der Waals surface area contributed by atoms with Gasteiger partial charge in [-0.1, -0.05) is 23.7 Å². The zero-order chi connectivity index (χ0) is 13.1. The van der Waals surface area contributed by atoms with E-state index in [0.29, 0.717) is 16.5 Å². The average Bonchev–Trinajstić information content (AvgIpc) is 2.38. The van der Waals surface area contributed by atoms with Crippen LogP contribution in [0.2, 0.25) is 5.02 Å². The monoisotopic (exact) mass is 266 g/mol. The smallest absolute Gasteiger partial charge is 0.255 e. The van der Waals surface area contributed by atoms with Gasteiger partial charge in [0.2, 0.25) is 0 Å². The van der Waals surface area contributed by atoms with Gasteiger partial charge in [0.1, 0.15) is 0 Å². The van der Waals surface area contributed by atoms with Gasteiger partial charge in [0, 0.05) is 19.1 Å². The van der Waals surface area contributed by atoms with Crippen LogP contribution in [-0.2, 0) is 0 Å². The fourth-order valence-electron chi connectivity index (χ4n) is 2.43. The maximum Gasteiger partial charge on any atom is 0.255 e. The molecule has 1 aromatic rings. The molecule has 0 saturated carbocycles. The van der Waals surface area contributed by atoms with Crippen LogP contribution in [0.5, 0.6) is 0 Å². The highest BCUT2D eigenvalue weighted by Gasteiger charge is 2.27.